The fourth-order valence-electron chi connectivity index (χ4n) is 3.13. The molecule has 0 aliphatic rings. The topological polar surface area (TPSA) is 27.7 Å². The highest BCUT2D eigenvalue weighted by atomic mass is 16.6. The SMILES string of the molecule is CCc1ccc(OCC(COc2ccc(CC)cc2)Oc2ccc(CC)cc2)cc1. The molecular formula is C27H32O3. The predicted molar refractivity (Wildman–Crippen MR) is 123 cm³/mol. The molecule has 0 heterocycles. The van der Waals surface area contributed by atoms with Gasteiger partial charge >= 0.3 is 0 Å². The van der Waals surface area contributed by atoms with Gasteiger partial charge in [-0.2, -0.15) is 0 Å². The molecule has 0 amide bonds. The van der Waals surface area contributed by atoms with Crippen LogP contribution in [0.15, 0.2) is 72.8 Å². The van der Waals surface area contributed by atoms with Gasteiger partial charge in [-0.1, -0.05) is 57.2 Å². The summed E-state index contributed by atoms with van der Waals surface area (Å²) in [5.74, 6) is 2.51. The Balaban J connectivity index is 1.63. The Labute approximate surface area is 180 Å². The maximum absolute atomic E-state index is 6.20. The molecule has 0 saturated heterocycles. The highest BCUT2D eigenvalue weighted by Gasteiger charge is 2.14. The highest BCUT2D eigenvalue weighted by molar-refractivity contribution is 5.29. The molecular weight excluding hydrogens is 372 g/mol. The van der Waals surface area contributed by atoms with E-state index in [1.165, 1.54) is 16.7 Å². The Kier molecular flexibility index (Phi) is 8.20. The van der Waals surface area contributed by atoms with Gasteiger partial charge in [0.2, 0.25) is 0 Å². The maximum Gasteiger partial charge on any atom is 0.166 e. The maximum atomic E-state index is 6.20. The summed E-state index contributed by atoms with van der Waals surface area (Å²) in [6.07, 6.45) is 2.82. The van der Waals surface area contributed by atoms with Crippen LogP contribution < -0.4 is 14.2 Å². The van der Waals surface area contributed by atoms with Crippen LogP contribution in [0.25, 0.3) is 0 Å². The summed E-state index contributed by atoms with van der Waals surface area (Å²) in [6.45, 7) is 7.26. The minimum atomic E-state index is -0.228. The van der Waals surface area contributed by atoms with E-state index in [-0.39, 0.29) is 6.10 Å². The Bertz CT molecular complexity index is 816. The third kappa shape index (κ3) is 6.55. The monoisotopic (exact) mass is 404 g/mol. The van der Waals surface area contributed by atoms with Crippen LogP contribution in [0.3, 0.4) is 0 Å². The number of aryl methyl sites for hydroxylation is 3. The van der Waals surface area contributed by atoms with Gasteiger partial charge in [0.1, 0.15) is 30.5 Å². The van der Waals surface area contributed by atoms with Crippen molar-refractivity contribution in [1.82, 2.24) is 0 Å². The molecule has 0 unspecified atom stereocenters. The first-order valence-corrected chi connectivity index (χ1v) is 10.9. The molecule has 0 aliphatic carbocycles. The smallest absolute Gasteiger partial charge is 0.166 e. The van der Waals surface area contributed by atoms with Crippen LogP contribution in [-0.4, -0.2) is 19.3 Å². The molecule has 0 bridgehead atoms. The molecule has 3 aromatic rings. The van der Waals surface area contributed by atoms with Crippen LogP contribution >= 0.6 is 0 Å². The van der Waals surface area contributed by atoms with Gasteiger partial charge in [0, 0.05) is 0 Å². The Morgan fingerprint density at radius 1 is 0.500 bits per heavy atom. The molecule has 0 N–H and O–H groups in total. The summed E-state index contributed by atoms with van der Waals surface area (Å²) in [5.41, 5.74) is 3.88. The van der Waals surface area contributed by atoms with E-state index in [4.69, 9.17) is 14.2 Å². The molecule has 0 atom stereocenters. The second-order valence-corrected chi connectivity index (χ2v) is 7.35. The average Bonchev–Trinajstić information content (AvgIpc) is 2.82. The lowest BCUT2D eigenvalue weighted by Gasteiger charge is -2.20. The van der Waals surface area contributed by atoms with Crippen molar-refractivity contribution in [2.24, 2.45) is 0 Å². The van der Waals surface area contributed by atoms with Crippen molar-refractivity contribution in [3.05, 3.63) is 89.5 Å². The third-order valence-corrected chi connectivity index (χ3v) is 5.17. The van der Waals surface area contributed by atoms with Crippen LogP contribution in [-0.2, 0) is 19.3 Å². The predicted octanol–water partition coefficient (Wildman–Crippen LogP) is 6.28. The summed E-state index contributed by atoms with van der Waals surface area (Å²) in [5, 5.41) is 0. The van der Waals surface area contributed by atoms with Gasteiger partial charge < -0.3 is 14.2 Å². The molecule has 3 rings (SSSR count). The van der Waals surface area contributed by atoms with Crippen molar-refractivity contribution in [2.45, 2.75) is 46.1 Å². The Morgan fingerprint density at radius 2 is 0.833 bits per heavy atom. The van der Waals surface area contributed by atoms with E-state index in [9.17, 15) is 0 Å². The minimum Gasteiger partial charge on any atom is -0.490 e. The minimum absolute atomic E-state index is 0.228. The number of benzene rings is 3. The average molecular weight is 405 g/mol. The van der Waals surface area contributed by atoms with Gasteiger partial charge in [0.05, 0.1) is 0 Å². The van der Waals surface area contributed by atoms with E-state index >= 15 is 0 Å². The molecule has 0 aromatic heterocycles. The van der Waals surface area contributed by atoms with Crippen LogP contribution in [0.5, 0.6) is 17.2 Å². The molecule has 30 heavy (non-hydrogen) atoms. The summed E-state index contributed by atoms with van der Waals surface area (Å²) in [4.78, 5) is 0. The molecule has 0 fully saturated rings. The first-order chi connectivity index (χ1) is 14.7. The van der Waals surface area contributed by atoms with E-state index in [1.807, 2.05) is 36.4 Å². The van der Waals surface area contributed by atoms with Crippen LogP contribution in [0.4, 0.5) is 0 Å². The first-order valence-electron chi connectivity index (χ1n) is 10.9. The van der Waals surface area contributed by atoms with Gasteiger partial charge in [-0.25, -0.2) is 0 Å². The van der Waals surface area contributed by atoms with Crippen molar-refractivity contribution in [1.29, 1.82) is 0 Å². The Morgan fingerprint density at radius 3 is 1.17 bits per heavy atom. The molecule has 3 heteroatoms. The molecule has 158 valence electrons. The lowest BCUT2D eigenvalue weighted by atomic mass is 10.2. The van der Waals surface area contributed by atoms with Crippen molar-refractivity contribution in [2.75, 3.05) is 13.2 Å². The standard InChI is InChI=1S/C27H32O3/c1-4-21-7-13-24(14-8-21)28-19-27(30-26-17-11-23(6-3)12-18-26)20-29-25-15-9-22(5-2)10-16-25/h7-18,27H,4-6,19-20H2,1-3H3. The van der Waals surface area contributed by atoms with Crippen molar-refractivity contribution in [3.63, 3.8) is 0 Å². The van der Waals surface area contributed by atoms with Crippen molar-refractivity contribution < 1.29 is 14.2 Å². The molecule has 0 radical (unpaired) electrons. The van der Waals surface area contributed by atoms with Gasteiger partial charge in [-0.05, 0) is 72.4 Å². The lowest BCUT2D eigenvalue weighted by Crippen LogP contribution is -2.31. The van der Waals surface area contributed by atoms with E-state index < -0.39 is 0 Å². The van der Waals surface area contributed by atoms with E-state index in [2.05, 4.69) is 57.2 Å². The fourth-order valence-corrected chi connectivity index (χ4v) is 3.13. The zero-order valence-corrected chi connectivity index (χ0v) is 18.3. The molecule has 0 saturated carbocycles. The van der Waals surface area contributed by atoms with E-state index in [1.54, 1.807) is 0 Å². The third-order valence-electron chi connectivity index (χ3n) is 5.17. The zero-order chi connectivity index (χ0) is 21.2. The zero-order valence-electron chi connectivity index (χ0n) is 18.3. The van der Waals surface area contributed by atoms with Gasteiger partial charge in [0.25, 0.3) is 0 Å². The second kappa shape index (κ2) is 11.3. The van der Waals surface area contributed by atoms with Gasteiger partial charge in [-0.3, -0.25) is 0 Å². The number of ether oxygens (including phenoxy) is 3. The van der Waals surface area contributed by atoms with Crippen molar-refractivity contribution in [3.8, 4) is 17.2 Å². The number of hydrogen-bond acceptors (Lipinski definition) is 3. The number of hydrogen-bond donors (Lipinski definition) is 0. The Hall–Kier alpha value is -2.94. The number of rotatable bonds is 11. The van der Waals surface area contributed by atoms with Gasteiger partial charge in [0.15, 0.2) is 6.10 Å². The summed E-state index contributed by atoms with van der Waals surface area (Å²) >= 11 is 0. The second-order valence-electron chi connectivity index (χ2n) is 7.35. The fraction of sp³-hybridized carbons (Fsp3) is 0.333. The lowest BCUT2D eigenvalue weighted by molar-refractivity contribution is 0.0812. The van der Waals surface area contributed by atoms with E-state index in [0.717, 1.165) is 36.5 Å². The van der Waals surface area contributed by atoms with Crippen LogP contribution in [0.1, 0.15) is 37.5 Å². The van der Waals surface area contributed by atoms with Crippen LogP contribution in [0, 0.1) is 0 Å². The quantitative estimate of drug-likeness (QED) is 0.376. The van der Waals surface area contributed by atoms with Gasteiger partial charge in [-0.15, -0.1) is 0 Å². The summed E-state index contributed by atoms with van der Waals surface area (Å²) < 4.78 is 18.2. The summed E-state index contributed by atoms with van der Waals surface area (Å²) in [6, 6.07) is 24.7. The normalized spacial score (nSPS) is 10.8. The molecule has 3 aromatic carbocycles. The largest absolute Gasteiger partial charge is 0.490 e. The van der Waals surface area contributed by atoms with Crippen LogP contribution in [0.2, 0.25) is 0 Å². The van der Waals surface area contributed by atoms with Crippen molar-refractivity contribution >= 4 is 0 Å². The molecule has 0 aliphatic heterocycles. The van der Waals surface area contributed by atoms with E-state index in [0.29, 0.717) is 13.2 Å². The summed E-state index contributed by atoms with van der Waals surface area (Å²) in [7, 11) is 0. The molecule has 3 nitrogen and oxygen atoms in total. The first kappa shape index (κ1) is 21.8. The molecule has 0 spiro atoms. The highest BCUT2D eigenvalue weighted by Crippen LogP contribution is 2.18.